The van der Waals surface area contributed by atoms with Crippen molar-refractivity contribution in [1.82, 2.24) is 0 Å². The maximum absolute atomic E-state index is 12.4. The molecule has 21 heavy (non-hydrogen) atoms. The molecule has 3 heteroatoms. The Balaban J connectivity index is 2.13. The van der Waals surface area contributed by atoms with E-state index in [4.69, 9.17) is 9.47 Å². The summed E-state index contributed by atoms with van der Waals surface area (Å²) in [5, 5.41) is 0. The third kappa shape index (κ3) is 4.67. The van der Waals surface area contributed by atoms with E-state index >= 15 is 0 Å². The van der Waals surface area contributed by atoms with Crippen molar-refractivity contribution in [2.24, 2.45) is 0 Å². The summed E-state index contributed by atoms with van der Waals surface area (Å²) in [4.78, 5) is 12.4. The first-order chi connectivity index (χ1) is 10.3. The molecular weight excluding hydrogens is 264 g/mol. The van der Waals surface area contributed by atoms with Crippen molar-refractivity contribution < 1.29 is 14.3 Å². The fourth-order valence-corrected chi connectivity index (χ4v) is 1.94. The van der Waals surface area contributed by atoms with Crippen molar-refractivity contribution in [2.75, 3.05) is 13.9 Å². The van der Waals surface area contributed by atoms with Gasteiger partial charge < -0.3 is 9.47 Å². The van der Waals surface area contributed by atoms with Crippen LogP contribution in [0.25, 0.3) is 6.08 Å². The summed E-state index contributed by atoms with van der Waals surface area (Å²) in [7, 11) is 1.53. The van der Waals surface area contributed by atoms with Gasteiger partial charge >= 0.3 is 0 Å². The van der Waals surface area contributed by atoms with Gasteiger partial charge in [0.15, 0.2) is 5.78 Å². The number of rotatable bonds is 7. The van der Waals surface area contributed by atoms with Crippen molar-refractivity contribution in [2.45, 2.75) is 6.10 Å². The summed E-state index contributed by atoms with van der Waals surface area (Å²) in [6.45, 7) is 0.0739. The molecule has 0 bridgehead atoms. The zero-order chi connectivity index (χ0) is 14.9. The van der Waals surface area contributed by atoms with Crippen LogP contribution >= 0.6 is 0 Å². The third-order valence-electron chi connectivity index (χ3n) is 2.95. The van der Waals surface area contributed by atoms with Crippen LogP contribution in [0.2, 0.25) is 0 Å². The van der Waals surface area contributed by atoms with Crippen molar-refractivity contribution in [3.8, 4) is 0 Å². The first-order valence-electron chi connectivity index (χ1n) is 6.73. The number of carbonyl (C=O) groups is 1. The van der Waals surface area contributed by atoms with Crippen LogP contribution in [-0.2, 0) is 14.3 Å². The molecular formula is C18H18O3. The maximum Gasteiger partial charge on any atom is 0.189 e. The molecule has 108 valence electrons. The number of methoxy groups -OCH3 is 1. The molecule has 0 aliphatic heterocycles. The zero-order valence-electron chi connectivity index (χ0n) is 11.9. The van der Waals surface area contributed by atoms with Gasteiger partial charge in [0.05, 0.1) is 0 Å². The molecule has 2 aromatic rings. The Morgan fingerprint density at radius 1 is 1.05 bits per heavy atom. The van der Waals surface area contributed by atoms with Gasteiger partial charge in [-0.05, 0) is 17.2 Å². The molecule has 2 rings (SSSR count). The van der Waals surface area contributed by atoms with Gasteiger partial charge in [0, 0.05) is 7.11 Å². The molecule has 0 radical (unpaired) electrons. The largest absolute Gasteiger partial charge is 0.359 e. The Morgan fingerprint density at radius 3 is 2.29 bits per heavy atom. The average molecular weight is 282 g/mol. The fourth-order valence-electron chi connectivity index (χ4n) is 1.94. The lowest BCUT2D eigenvalue weighted by Gasteiger charge is -2.14. The van der Waals surface area contributed by atoms with Crippen LogP contribution < -0.4 is 0 Å². The van der Waals surface area contributed by atoms with Crippen molar-refractivity contribution in [3.05, 3.63) is 77.9 Å². The lowest BCUT2D eigenvalue weighted by Crippen LogP contribution is -2.15. The topological polar surface area (TPSA) is 35.5 Å². The molecule has 0 saturated carbocycles. The lowest BCUT2D eigenvalue weighted by molar-refractivity contribution is -0.135. The predicted octanol–water partition coefficient (Wildman–Crippen LogP) is 3.63. The van der Waals surface area contributed by atoms with E-state index < -0.39 is 6.10 Å². The van der Waals surface area contributed by atoms with Gasteiger partial charge in [0.1, 0.15) is 12.9 Å². The number of ketones is 1. The molecule has 0 heterocycles. The first kappa shape index (κ1) is 15.2. The van der Waals surface area contributed by atoms with E-state index in [1.807, 2.05) is 60.7 Å². The van der Waals surface area contributed by atoms with Crippen LogP contribution in [-0.4, -0.2) is 19.7 Å². The van der Waals surface area contributed by atoms with Gasteiger partial charge in [-0.2, -0.15) is 0 Å². The minimum absolute atomic E-state index is 0.0739. The van der Waals surface area contributed by atoms with Gasteiger partial charge in [-0.25, -0.2) is 0 Å². The molecule has 0 unspecified atom stereocenters. The molecule has 0 aromatic heterocycles. The van der Waals surface area contributed by atoms with Crippen LogP contribution in [0, 0.1) is 0 Å². The highest BCUT2D eigenvalue weighted by Gasteiger charge is 2.18. The Bertz CT molecular complexity index is 576. The molecule has 0 aliphatic carbocycles. The zero-order valence-corrected chi connectivity index (χ0v) is 11.9. The molecule has 0 fully saturated rings. The standard InChI is InChI=1S/C18H18O3/c1-20-14-21-18(16-10-6-3-7-11-16)17(19)13-12-15-8-4-2-5-9-15/h2-13,18H,14H2,1H3/b13-12+/t18-/m0/s1. The summed E-state index contributed by atoms with van der Waals surface area (Å²) in [6, 6.07) is 19.1. The Morgan fingerprint density at radius 2 is 1.67 bits per heavy atom. The summed E-state index contributed by atoms with van der Waals surface area (Å²) >= 11 is 0. The van der Waals surface area contributed by atoms with Gasteiger partial charge in [-0.3, -0.25) is 4.79 Å². The van der Waals surface area contributed by atoms with Crippen LogP contribution in [0.4, 0.5) is 0 Å². The fraction of sp³-hybridized carbons (Fsp3) is 0.167. The van der Waals surface area contributed by atoms with Crippen molar-refractivity contribution in [3.63, 3.8) is 0 Å². The molecule has 0 N–H and O–H groups in total. The van der Waals surface area contributed by atoms with E-state index in [9.17, 15) is 4.79 Å². The smallest absolute Gasteiger partial charge is 0.189 e. The normalized spacial score (nSPS) is 12.4. The summed E-state index contributed by atoms with van der Waals surface area (Å²) in [5.74, 6) is -0.109. The van der Waals surface area contributed by atoms with Gasteiger partial charge in [-0.15, -0.1) is 0 Å². The van der Waals surface area contributed by atoms with Crippen LogP contribution in [0.5, 0.6) is 0 Å². The molecule has 0 amide bonds. The van der Waals surface area contributed by atoms with E-state index in [1.165, 1.54) is 7.11 Å². The van der Waals surface area contributed by atoms with Crippen molar-refractivity contribution in [1.29, 1.82) is 0 Å². The predicted molar refractivity (Wildman–Crippen MR) is 82.6 cm³/mol. The number of hydrogen-bond acceptors (Lipinski definition) is 3. The third-order valence-corrected chi connectivity index (χ3v) is 2.95. The van der Waals surface area contributed by atoms with Gasteiger partial charge in [0.25, 0.3) is 0 Å². The molecule has 0 aliphatic rings. The van der Waals surface area contributed by atoms with E-state index in [0.717, 1.165) is 11.1 Å². The summed E-state index contributed by atoms with van der Waals surface area (Å²) in [6.07, 6.45) is 2.68. The van der Waals surface area contributed by atoms with E-state index in [0.29, 0.717) is 0 Å². The Kier molecular flexibility index (Phi) is 5.88. The minimum Gasteiger partial charge on any atom is -0.359 e. The highest BCUT2D eigenvalue weighted by molar-refractivity contribution is 5.97. The van der Waals surface area contributed by atoms with Crippen molar-refractivity contribution >= 4 is 11.9 Å². The highest BCUT2D eigenvalue weighted by Crippen LogP contribution is 2.19. The van der Waals surface area contributed by atoms with Crippen LogP contribution in [0.3, 0.4) is 0 Å². The second kappa shape index (κ2) is 8.15. The molecule has 1 atom stereocenters. The summed E-state index contributed by atoms with van der Waals surface area (Å²) in [5.41, 5.74) is 1.79. The highest BCUT2D eigenvalue weighted by atomic mass is 16.7. The van der Waals surface area contributed by atoms with Crippen LogP contribution in [0.15, 0.2) is 66.7 Å². The number of hydrogen-bond donors (Lipinski definition) is 0. The van der Waals surface area contributed by atoms with Gasteiger partial charge in [-0.1, -0.05) is 66.7 Å². The SMILES string of the molecule is COCO[C@H](C(=O)/C=C/c1ccccc1)c1ccccc1. The monoisotopic (exact) mass is 282 g/mol. The Hall–Kier alpha value is -2.23. The molecule has 3 nitrogen and oxygen atoms in total. The van der Waals surface area contributed by atoms with Crippen LogP contribution in [0.1, 0.15) is 17.2 Å². The molecule has 0 spiro atoms. The van der Waals surface area contributed by atoms with E-state index in [1.54, 1.807) is 12.2 Å². The second-order valence-electron chi connectivity index (χ2n) is 4.51. The first-order valence-corrected chi connectivity index (χ1v) is 6.73. The van der Waals surface area contributed by atoms with E-state index in [2.05, 4.69) is 0 Å². The number of carbonyl (C=O) groups excluding carboxylic acids is 1. The molecule has 0 saturated heterocycles. The second-order valence-corrected chi connectivity index (χ2v) is 4.51. The lowest BCUT2D eigenvalue weighted by atomic mass is 10.0. The number of benzene rings is 2. The van der Waals surface area contributed by atoms with Gasteiger partial charge in [0.2, 0.25) is 0 Å². The summed E-state index contributed by atoms with van der Waals surface area (Å²) < 4.78 is 10.4. The average Bonchev–Trinajstić information content (AvgIpc) is 2.55. The maximum atomic E-state index is 12.4. The quantitative estimate of drug-likeness (QED) is 0.574. The number of ether oxygens (including phenoxy) is 2. The minimum atomic E-state index is -0.647. The van der Waals surface area contributed by atoms with E-state index in [-0.39, 0.29) is 12.6 Å². The molecule has 2 aromatic carbocycles. The Labute approximate surface area is 124 Å².